The zero-order valence-electron chi connectivity index (χ0n) is 7.09. The number of methoxy groups -OCH3 is 1. The van der Waals surface area contributed by atoms with Crippen molar-refractivity contribution in [3.8, 4) is 11.5 Å². The molecule has 0 atom stereocenters. The molecule has 1 aromatic rings. The molecule has 0 aliphatic carbocycles. The number of allylic oxidation sites excluding steroid dienone is 1. The minimum absolute atomic E-state index is 0.00856. The summed E-state index contributed by atoms with van der Waals surface area (Å²) in [5, 5.41) is 9.17. The van der Waals surface area contributed by atoms with Crippen LogP contribution in [0.1, 0.15) is 12.5 Å². The summed E-state index contributed by atoms with van der Waals surface area (Å²) < 4.78 is 4.90. The van der Waals surface area contributed by atoms with Crippen LogP contribution in [0.15, 0.2) is 12.1 Å². The molecule has 0 aliphatic heterocycles. The van der Waals surface area contributed by atoms with Crippen molar-refractivity contribution in [1.29, 1.82) is 0 Å². The van der Waals surface area contributed by atoms with E-state index in [0.717, 1.165) is 5.56 Å². The summed E-state index contributed by atoms with van der Waals surface area (Å²) in [5.74, 6) is 0.410. The van der Waals surface area contributed by atoms with Gasteiger partial charge in [0.2, 0.25) is 5.75 Å². The third kappa shape index (κ3) is 1.70. The van der Waals surface area contributed by atoms with E-state index in [2.05, 4.69) is 12.1 Å². The Bertz CT molecular complexity index is 290. The topological polar surface area (TPSA) is 29.5 Å². The number of ether oxygens (including phenoxy) is 1. The van der Waals surface area contributed by atoms with Gasteiger partial charge in [0.15, 0.2) is 5.75 Å². The van der Waals surface area contributed by atoms with Crippen molar-refractivity contribution in [2.75, 3.05) is 7.11 Å². The number of aromatic hydroxyl groups is 1. The molecule has 0 bridgehead atoms. The Labute approximate surface area is 72.1 Å². The fraction of sp³-hybridized carbons (Fsp3) is 0.200. The van der Waals surface area contributed by atoms with Gasteiger partial charge in [-0.1, -0.05) is 18.2 Å². The molecule has 0 aromatic heterocycles. The van der Waals surface area contributed by atoms with Crippen LogP contribution >= 0.6 is 0 Å². The number of hydrogen-bond acceptors (Lipinski definition) is 2. The molecular formula is C10H10O2. The Balaban J connectivity index is 3.05. The Hall–Kier alpha value is -1.62. The largest absolute Gasteiger partial charge is 0.498 e. The Morgan fingerprint density at radius 1 is 1.50 bits per heavy atom. The molecule has 0 saturated heterocycles. The first kappa shape index (κ1) is 8.48. The van der Waals surface area contributed by atoms with Crippen LogP contribution in [0.4, 0.5) is 0 Å². The highest BCUT2D eigenvalue weighted by atomic mass is 16.5. The molecule has 62 valence electrons. The molecular weight excluding hydrogens is 152 g/mol. The molecule has 1 rings (SSSR count). The molecule has 2 heteroatoms. The van der Waals surface area contributed by atoms with Crippen LogP contribution in [0.2, 0.25) is 0 Å². The standard InChI is InChI=1S/C10H10O2/c1-3-4-8-5-6-9(11)10(7-8)12-2/h3-4,7,11H,1-2H3/b4-3+. The van der Waals surface area contributed by atoms with E-state index in [1.807, 2.05) is 19.1 Å². The summed E-state index contributed by atoms with van der Waals surface area (Å²) in [4.78, 5) is 0. The normalized spacial score (nSPS) is 9.83. The lowest BCUT2D eigenvalue weighted by Gasteiger charge is -1.99. The maximum Gasteiger partial charge on any atom is 0.210 e. The van der Waals surface area contributed by atoms with E-state index in [0.29, 0.717) is 5.75 Å². The van der Waals surface area contributed by atoms with Gasteiger partial charge in [-0.05, 0) is 13.0 Å². The van der Waals surface area contributed by atoms with E-state index < -0.39 is 0 Å². The van der Waals surface area contributed by atoms with Gasteiger partial charge in [-0.25, -0.2) is 0 Å². The fourth-order valence-electron chi connectivity index (χ4n) is 0.864. The summed E-state index contributed by atoms with van der Waals surface area (Å²) in [6.07, 6.45) is 3.74. The molecule has 0 saturated carbocycles. The van der Waals surface area contributed by atoms with Crippen LogP contribution in [-0.2, 0) is 0 Å². The van der Waals surface area contributed by atoms with Crippen LogP contribution in [0, 0.1) is 12.1 Å². The van der Waals surface area contributed by atoms with Crippen molar-refractivity contribution < 1.29 is 9.84 Å². The Kier molecular flexibility index (Phi) is 2.60. The zero-order chi connectivity index (χ0) is 8.97. The first-order valence-electron chi connectivity index (χ1n) is 3.61. The van der Waals surface area contributed by atoms with Gasteiger partial charge in [-0.15, -0.1) is 0 Å². The van der Waals surface area contributed by atoms with Crippen LogP contribution in [-0.4, -0.2) is 12.2 Å². The minimum Gasteiger partial charge on any atom is -0.498 e. The molecule has 0 fully saturated rings. The van der Waals surface area contributed by atoms with E-state index in [1.165, 1.54) is 7.11 Å². The van der Waals surface area contributed by atoms with Crippen LogP contribution < -0.4 is 4.74 Å². The molecule has 1 N–H and O–H groups in total. The highest BCUT2D eigenvalue weighted by molar-refractivity contribution is 5.51. The Morgan fingerprint density at radius 3 is 2.83 bits per heavy atom. The number of hydrogen-bond donors (Lipinski definition) is 1. The first-order valence-corrected chi connectivity index (χ1v) is 3.61. The second-order valence-corrected chi connectivity index (χ2v) is 2.27. The van der Waals surface area contributed by atoms with Crippen molar-refractivity contribution in [1.82, 2.24) is 0 Å². The van der Waals surface area contributed by atoms with Gasteiger partial charge in [0, 0.05) is 11.6 Å². The lowest BCUT2D eigenvalue weighted by atomic mass is 10.2. The van der Waals surface area contributed by atoms with Crippen molar-refractivity contribution in [2.24, 2.45) is 0 Å². The second-order valence-electron chi connectivity index (χ2n) is 2.27. The maximum atomic E-state index is 9.17. The fourth-order valence-corrected chi connectivity index (χ4v) is 0.864. The highest BCUT2D eigenvalue weighted by Crippen LogP contribution is 2.23. The van der Waals surface area contributed by atoms with Gasteiger partial charge in [-0.2, -0.15) is 0 Å². The van der Waals surface area contributed by atoms with E-state index in [9.17, 15) is 0 Å². The van der Waals surface area contributed by atoms with Crippen molar-refractivity contribution in [2.45, 2.75) is 6.92 Å². The molecule has 0 unspecified atom stereocenters. The average molecular weight is 162 g/mol. The SMILES string of the molecule is C/C=C/c1c#cc(O)c(OC)c1. The van der Waals surface area contributed by atoms with Crippen molar-refractivity contribution in [3.63, 3.8) is 0 Å². The summed E-state index contributed by atoms with van der Waals surface area (Å²) in [6, 6.07) is 7.03. The predicted molar refractivity (Wildman–Crippen MR) is 47.0 cm³/mol. The minimum atomic E-state index is -0.00856. The van der Waals surface area contributed by atoms with Crippen LogP contribution in [0.3, 0.4) is 0 Å². The van der Waals surface area contributed by atoms with E-state index >= 15 is 0 Å². The molecule has 12 heavy (non-hydrogen) atoms. The molecule has 0 aliphatic rings. The lowest BCUT2D eigenvalue weighted by Crippen LogP contribution is -1.82. The highest BCUT2D eigenvalue weighted by Gasteiger charge is 1.98. The second kappa shape index (κ2) is 3.68. The van der Waals surface area contributed by atoms with Gasteiger partial charge in [0.1, 0.15) is 0 Å². The third-order valence-corrected chi connectivity index (χ3v) is 1.41. The van der Waals surface area contributed by atoms with Gasteiger partial charge >= 0.3 is 0 Å². The van der Waals surface area contributed by atoms with Gasteiger partial charge in [0.25, 0.3) is 0 Å². The molecule has 0 heterocycles. The first-order chi connectivity index (χ1) is 5.77. The molecule has 0 spiro atoms. The summed E-state index contributed by atoms with van der Waals surface area (Å²) in [7, 11) is 1.50. The van der Waals surface area contributed by atoms with Gasteiger partial charge in [0.05, 0.1) is 7.11 Å². The van der Waals surface area contributed by atoms with E-state index in [1.54, 1.807) is 6.07 Å². The summed E-state index contributed by atoms with van der Waals surface area (Å²) >= 11 is 0. The molecule has 0 amide bonds. The zero-order valence-corrected chi connectivity index (χ0v) is 7.09. The Morgan fingerprint density at radius 2 is 2.25 bits per heavy atom. The van der Waals surface area contributed by atoms with Crippen molar-refractivity contribution >= 4 is 6.08 Å². The average Bonchev–Trinajstić information content (AvgIpc) is 2.09. The van der Waals surface area contributed by atoms with E-state index in [-0.39, 0.29) is 5.75 Å². The van der Waals surface area contributed by atoms with Gasteiger partial charge in [-0.3, -0.25) is 0 Å². The molecule has 2 nitrogen and oxygen atoms in total. The van der Waals surface area contributed by atoms with Crippen LogP contribution in [0.25, 0.3) is 6.08 Å². The molecule has 0 radical (unpaired) electrons. The maximum absolute atomic E-state index is 9.17. The van der Waals surface area contributed by atoms with E-state index in [4.69, 9.17) is 9.84 Å². The quantitative estimate of drug-likeness (QED) is 0.721. The molecule has 1 aromatic carbocycles. The van der Waals surface area contributed by atoms with Crippen molar-refractivity contribution in [3.05, 3.63) is 29.8 Å². The summed E-state index contributed by atoms with van der Waals surface area (Å²) in [5.41, 5.74) is 0.840. The summed E-state index contributed by atoms with van der Waals surface area (Å²) in [6.45, 7) is 1.91. The third-order valence-electron chi connectivity index (χ3n) is 1.41. The number of rotatable bonds is 2. The lowest BCUT2D eigenvalue weighted by molar-refractivity contribution is 0.373. The predicted octanol–water partition coefficient (Wildman–Crippen LogP) is 2.03. The smallest absolute Gasteiger partial charge is 0.210 e. The van der Waals surface area contributed by atoms with Gasteiger partial charge < -0.3 is 9.84 Å². The monoisotopic (exact) mass is 162 g/mol. The van der Waals surface area contributed by atoms with Crippen LogP contribution in [0.5, 0.6) is 11.5 Å².